The third-order valence-electron chi connectivity index (χ3n) is 2.98. The Morgan fingerprint density at radius 3 is 2.11 bits per heavy atom. The van der Waals surface area contributed by atoms with Crippen LogP contribution in [0.25, 0.3) is 0 Å². The fourth-order valence-corrected chi connectivity index (χ4v) is 2.95. The summed E-state index contributed by atoms with van der Waals surface area (Å²) in [6, 6.07) is 7.29. The van der Waals surface area contributed by atoms with Gasteiger partial charge in [0.05, 0.1) is 0 Å². The van der Waals surface area contributed by atoms with Crippen LogP contribution < -0.4 is 5.14 Å². The van der Waals surface area contributed by atoms with Crippen molar-refractivity contribution in [3.8, 4) is 0 Å². The van der Waals surface area contributed by atoms with E-state index in [-0.39, 0.29) is 19.0 Å². The number of halogens is 1. The Kier molecular flexibility index (Phi) is 4.43. The molecule has 0 spiro atoms. The molecule has 1 heterocycles. The SMILES string of the molecule is NS(=O)(=O)N1CCN(C(=O)c2ccc(I)cc2)CC1. The zero-order chi connectivity index (χ0) is 14.0. The lowest BCUT2D eigenvalue weighted by atomic mass is 10.2. The van der Waals surface area contributed by atoms with E-state index in [1.165, 1.54) is 4.31 Å². The molecule has 0 unspecified atom stereocenters. The zero-order valence-corrected chi connectivity index (χ0v) is 13.1. The summed E-state index contributed by atoms with van der Waals surface area (Å²) in [5.41, 5.74) is 0.615. The van der Waals surface area contributed by atoms with Crippen molar-refractivity contribution in [2.75, 3.05) is 26.2 Å². The minimum atomic E-state index is -3.65. The number of rotatable bonds is 2. The first-order valence-corrected chi connectivity index (χ1v) is 8.29. The third kappa shape index (κ3) is 3.65. The smallest absolute Gasteiger partial charge is 0.277 e. The highest BCUT2D eigenvalue weighted by atomic mass is 127. The van der Waals surface area contributed by atoms with Crippen LogP contribution in [0, 0.1) is 3.57 Å². The number of benzene rings is 1. The van der Waals surface area contributed by atoms with Crippen molar-refractivity contribution in [3.05, 3.63) is 33.4 Å². The van der Waals surface area contributed by atoms with Gasteiger partial charge in [-0.3, -0.25) is 4.79 Å². The molecule has 1 aromatic rings. The second kappa shape index (κ2) is 5.73. The molecule has 0 aliphatic carbocycles. The zero-order valence-electron chi connectivity index (χ0n) is 10.1. The van der Waals surface area contributed by atoms with E-state index < -0.39 is 10.2 Å². The summed E-state index contributed by atoms with van der Waals surface area (Å²) in [5, 5.41) is 5.05. The Morgan fingerprint density at radius 2 is 1.63 bits per heavy atom. The van der Waals surface area contributed by atoms with Crippen LogP contribution in [0.15, 0.2) is 24.3 Å². The molecule has 1 aliphatic heterocycles. The van der Waals surface area contributed by atoms with Crippen LogP contribution in [0.4, 0.5) is 0 Å². The number of nitrogens with zero attached hydrogens (tertiary/aromatic N) is 2. The molecule has 1 amide bonds. The Morgan fingerprint density at radius 1 is 1.11 bits per heavy atom. The minimum Gasteiger partial charge on any atom is -0.336 e. The first-order chi connectivity index (χ1) is 8.88. The molecule has 1 aromatic carbocycles. The van der Waals surface area contributed by atoms with Crippen LogP contribution in [-0.2, 0) is 10.2 Å². The molecule has 0 radical (unpaired) electrons. The van der Waals surface area contributed by atoms with E-state index in [4.69, 9.17) is 5.14 Å². The molecule has 19 heavy (non-hydrogen) atoms. The predicted molar refractivity (Wildman–Crippen MR) is 79.7 cm³/mol. The van der Waals surface area contributed by atoms with E-state index in [1.807, 2.05) is 12.1 Å². The van der Waals surface area contributed by atoms with E-state index >= 15 is 0 Å². The number of hydrogen-bond acceptors (Lipinski definition) is 3. The third-order valence-corrected chi connectivity index (χ3v) is 4.78. The summed E-state index contributed by atoms with van der Waals surface area (Å²) < 4.78 is 24.6. The van der Waals surface area contributed by atoms with Gasteiger partial charge in [-0.2, -0.15) is 12.7 Å². The Bertz CT molecular complexity index is 565. The van der Waals surface area contributed by atoms with Crippen LogP contribution >= 0.6 is 22.6 Å². The average Bonchev–Trinajstić information content (AvgIpc) is 2.38. The topological polar surface area (TPSA) is 83.7 Å². The lowest BCUT2D eigenvalue weighted by molar-refractivity contribution is 0.0698. The first-order valence-electron chi connectivity index (χ1n) is 5.70. The molecular formula is C11H14IN3O3S. The second-order valence-electron chi connectivity index (χ2n) is 4.24. The van der Waals surface area contributed by atoms with Gasteiger partial charge in [-0.25, -0.2) is 5.14 Å². The molecule has 1 aliphatic rings. The van der Waals surface area contributed by atoms with Gasteiger partial charge >= 0.3 is 0 Å². The van der Waals surface area contributed by atoms with Crippen molar-refractivity contribution >= 4 is 38.7 Å². The number of nitrogens with two attached hydrogens (primary N) is 1. The lowest BCUT2D eigenvalue weighted by Gasteiger charge is -2.32. The van der Waals surface area contributed by atoms with E-state index in [0.717, 1.165) is 3.57 Å². The maximum absolute atomic E-state index is 12.2. The highest BCUT2D eigenvalue weighted by Gasteiger charge is 2.26. The van der Waals surface area contributed by atoms with Gasteiger partial charge in [0.2, 0.25) is 0 Å². The van der Waals surface area contributed by atoms with E-state index in [1.54, 1.807) is 17.0 Å². The van der Waals surface area contributed by atoms with Gasteiger partial charge in [0.15, 0.2) is 0 Å². The Labute approximate surface area is 125 Å². The molecule has 0 saturated carbocycles. The molecule has 1 fully saturated rings. The maximum Gasteiger partial charge on any atom is 0.277 e. The highest BCUT2D eigenvalue weighted by Crippen LogP contribution is 2.12. The van der Waals surface area contributed by atoms with Crippen molar-refractivity contribution in [2.24, 2.45) is 5.14 Å². The van der Waals surface area contributed by atoms with Gasteiger partial charge in [0, 0.05) is 35.3 Å². The van der Waals surface area contributed by atoms with Crippen molar-refractivity contribution < 1.29 is 13.2 Å². The van der Waals surface area contributed by atoms with Gasteiger partial charge in [-0.15, -0.1) is 0 Å². The summed E-state index contributed by atoms with van der Waals surface area (Å²) in [4.78, 5) is 13.8. The lowest BCUT2D eigenvalue weighted by Crippen LogP contribution is -2.52. The largest absolute Gasteiger partial charge is 0.336 e. The number of piperazine rings is 1. The first kappa shape index (κ1) is 14.7. The predicted octanol–water partition coefficient (Wildman–Crippen LogP) is 0.253. The summed E-state index contributed by atoms with van der Waals surface area (Å²) in [6.45, 7) is 1.21. The molecule has 0 aromatic heterocycles. The number of amides is 1. The fraction of sp³-hybridized carbons (Fsp3) is 0.364. The number of carbonyl (C=O) groups excluding carboxylic acids is 1. The highest BCUT2D eigenvalue weighted by molar-refractivity contribution is 14.1. The summed E-state index contributed by atoms with van der Waals surface area (Å²) in [6.07, 6.45) is 0. The van der Waals surface area contributed by atoms with E-state index in [0.29, 0.717) is 18.7 Å². The number of hydrogen-bond donors (Lipinski definition) is 1. The molecule has 0 atom stereocenters. The van der Waals surface area contributed by atoms with Gasteiger partial charge in [0.25, 0.3) is 16.1 Å². The molecule has 6 nitrogen and oxygen atoms in total. The van der Waals surface area contributed by atoms with Crippen LogP contribution in [-0.4, -0.2) is 49.7 Å². The van der Waals surface area contributed by atoms with Crippen LogP contribution in [0.2, 0.25) is 0 Å². The summed E-state index contributed by atoms with van der Waals surface area (Å²) >= 11 is 2.17. The fourth-order valence-electron chi connectivity index (χ4n) is 1.92. The van der Waals surface area contributed by atoms with E-state index in [2.05, 4.69) is 22.6 Å². The quantitative estimate of drug-likeness (QED) is 0.729. The van der Waals surface area contributed by atoms with Crippen molar-refractivity contribution in [1.82, 2.24) is 9.21 Å². The van der Waals surface area contributed by atoms with Crippen LogP contribution in [0.5, 0.6) is 0 Å². The summed E-state index contributed by atoms with van der Waals surface area (Å²) in [5.74, 6) is -0.0783. The second-order valence-corrected chi connectivity index (χ2v) is 7.04. The molecule has 2 rings (SSSR count). The maximum atomic E-state index is 12.2. The molecule has 1 saturated heterocycles. The molecule has 104 valence electrons. The van der Waals surface area contributed by atoms with Gasteiger partial charge in [-0.05, 0) is 46.9 Å². The minimum absolute atomic E-state index is 0.0783. The molecule has 8 heteroatoms. The Balaban J connectivity index is 2.02. The number of carbonyl (C=O) groups is 1. The standard InChI is InChI=1S/C11H14IN3O3S/c12-10-3-1-9(2-4-10)11(16)14-5-7-15(8-6-14)19(13,17)18/h1-4H,5-8H2,(H2,13,17,18). The average molecular weight is 395 g/mol. The van der Waals surface area contributed by atoms with Crippen molar-refractivity contribution in [2.45, 2.75) is 0 Å². The van der Waals surface area contributed by atoms with E-state index in [9.17, 15) is 13.2 Å². The molecule has 2 N–H and O–H groups in total. The normalized spacial score (nSPS) is 17.5. The van der Waals surface area contributed by atoms with Crippen LogP contribution in [0.3, 0.4) is 0 Å². The molecule has 0 bridgehead atoms. The van der Waals surface area contributed by atoms with Gasteiger partial charge in [-0.1, -0.05) is 0 Å². The van der Waals surface area contributed by atoms with Crippen molar-refractivity contribution in [3.63, 3.8) is 0 Å². The van der Waals surface area contributed by atoms with Crippen LogP contribution in [0.1, 0.15) is 10.4 Å². The van der Waals surface area contributed by atoms with Crippen molar-refractivity contribution in [1.29, 1.82) is 0 Å². The van der Waals surface area contributed by atoms with Gasteiger partial charge in [0.1, 0.15) is 0 Å². The summed E-state index contributed by atoms with van der Waals surface area (Å²) in [7, 11) is -3.65. The Hall–Kier alpha value is -0.710. The molecular weight excluding hydrogens is 381 g/mol. The van der Waals surface area contributed by atoms with Gasteiger partial charge < -0.3 is 4.90 Å². The monoisotopic (exact) mass is 395 g/mol.